The Balaban J connectivity index is 2.05. The predicted octanol–water partition coefficient (Wildman–Crippen LogP) is 4.78. The molecular formula is C14H10Cl2INO. The van der Waals surface area contributed by atoms with Crippen LogP contribution in [-0.4, -0.2) is 5.91 Å². The zero-order valence-corrected chi connectivity index (χ0v) is 13.5. The summed E-state index contributed by atoms with van der Waals surface area (Å²) in [7, 11) is 0. The van der Waals surface area contributed by atoms with Gasteiger partial charge in [-0.25, -0.2) is 0 Å². The maximum Gasteiger partial charge on any atom is 0.228 e. The number of halogens is 3. The standard InChI is InChI=1S/C14H10Cl2INO/c15-10-3-1-2-9(6-10)7-14(19)18-13-5-4-11(17)8-12(13)16/h1-6,8H,7H2,(H,18,19). The molecule has 0 aromatic heterocycles. The molecule has 2 rings (SSSR count). The van der Waals surface area contributed by atoms with E-state index in [-0.39, 0.29) is 12.3 Å². The highest BCUT2D eigenvalue weighted by Gasteiger charge is 2.07. The summed E-state index contributed by atoms with van der Waals surface area (Å²) in [6.07, 6.45) is 0.267. The highest BCUT2D eigenvalue weighted by Crippen LogP contribution is 2.24. The summed E-state index contributed by atoms with van der Waals surface area (Å²) in [4.78, 5) is 11.9. The van der Waals surface area contributed by atoms with Gasteiger partial charge in [0.25, 0.3) is 0 Å². The predicted molar refractivity (Wildman–Crippen MR) is 88.0 cm³/mol. The molecule has 0 atom stereocenters. The summed E-state index contributed by atoms with van der Waals surface area (Å²) < 4.78 is 1.02. The summed E-state index contributed by atoms with van der Waals surface area (Å²) in [6.45, 7) is 0. The minimum absolute atomic E-state index is 0.120. The van der Waals surface area contributed by atoms with E-state index in [0.717, 1.165) is 9.13 Å². The van der Waals surface area contributed by atoms with Crippen LogP contribution in [0.3, 0.4) is 0 Å². The van der Waals surface area contributed by atoms with E-state index < -0.39 is 0 Å². The number of benzene rings is 2. The second-order valence-electron chi connectivity index (χ2n) is 3.98. The summed E-state index contributed by atoms with van der Waals surface area (Å²) >= 11 is 14.1. The summed E-state index contributed by atoms with van der Waals surface area (Å²) in [5, 5.41) is 3.94. The Morgan fingerprint density at radius 3 is 2.63 bits per heavy atom. The van der Waals surface area contributed by atoms with Crippen molar-refractivity contribution in [2.24, 2.45) is 0 Å². The highest BCUT2D eigenvalue weighted by molar-refractivity contribution is 14.1. The van der Waals surface area contributed by atoms with Gasteiger partial charge in [0.05, 0.1) is 17.1 Å². The van der Waals surface area contributed by atoms with Gasteiger partial charge in [-0.1, -0.05) is 35.3 Å². The maximum absolute atomic E-state index is 11.9. The van der Waals surface area contributed by atoms with Crippen molar-refractivity contribution in [3.8, 4) is 0 Å². The van der Waals surface area contributed by atoms with Gasteiger partial charge in [-0.2, -0.15) is 0 Å². The molecule has 2 aromatic carbocycles. The largest absolute Gasteiger partial charge is 0.324 e. The second-order valence-corrected chi connectivity index (χ2v) is 6.07. The van der Waals surface area contributed by atoms with E-state index in [0.29, 0.717) is 15.7 Å². The first-order valence-corrected chi connectivity index (χ1v) is 7.37. The number of nitrogens with one attached hydrogen (secondary N) is 1. The third-order valence-corrected chi connectivity index (χ3v) is 3.68. The van der Waals surface area contributed by atoms with Gasteiger partial charge in [-0.3, -0.25) is 4.79 Å². The Morgan fingerprint density at radius 2 is 1.95 bits per heavy atom. The van der Waals surface area contributed by atoms with Gasteiger partial charge in [-0.05, 0) is 58.5 Å². The molecule has 0 aliphatic rings. The van der Waals surface area contributed by atoms with Gasteiger partial charge in [0, 0.05) is 8.59 Å². The van der Waals surface area contributed by atoms with Crippen molar-refractivity contribution < 1.29 is 4.79 Å². The fourth-order valence-corrected chi connectivity index (χ4v) is 2.73. The van der Waals surface area contributed by atoms with Crippen LogP contribution in [-0.2, 0) is 11.2 Å². The van der Waals surface area contributed by atoms with Crippen LogP contribution >= 0.6 is 45.8 Å². The summed E-state index contributed by atoms with van der Waals surface area (Å²) in [5.74, 6) is -0.120. The third-order valence-electron chi connectivity index (χ3n) is 2.46. The SMILES string of the molecule is O=C(Cc1cccc(Cl)c1)Nc1ccc(I)cc1Cl. The molecular weight excluding hydrogens is 396 g/mol. The number of amides is 1. The van der Waals surface area contributed by atoms with E-state index >= 15 is 0 Å². The van der Waals surface area contributed by atoms with Crippen LogP contribution in [0, 0.1) is 3.57 Å². The molecule has 0 aliphatic carbocycles. The molecule has 2 aromatic rings. The molecule has 5 heteroatoms. The lowest BCUT2D eigenvalue weighted by molar-refractivity contribution is -0.115. The average molecular weight is 406 g/mol. The van der Waals surface area contributed by atoms with E-state index in [4.69, 9.17) is 23.2 Å². The van der Waals surface area contributed by atoms with Crippen molar-refractivity contribution in [3.63, 3.8) is 0 Å². The van der Waals surface area contributed by atoms with Crippen LogP contribution in [0.5, 0.6) is 0 Å². The van der Waals surface area contributed by atoms with Crippen molar-refractivity contribution in [1.29, 1.82) is 0 Å². The molecule has 0 spiro atoms. The molecule has 1 N–H and O–H groups in total. The zero-order valence-electron chi connectivity index (χ0n) is 9.79. The van der Waals surface area contributed by atoms with Crippen molar-refractivity contribution in [1.82, 2.24) is 0 Å². The van der Waals surface area contributed by atoms with Crippen molar-refractivity contribution in [3.05, 3.63) is 61.6 Å². The van der Waals surface area contributed by atoms with Crippen molar-refractivity contribution in [2.75, 3.05) is 5.32 Å². The van der Waals surface area contributed by atoms with Gasteiger partial charge in [0.2, 0.25) is 5.91 Å². The number of hydrogen-bond acceptors (Lipinski definition) is 1. The molecule has 1 amide bonds. The number of carbonyl (C=O) groups excluding carboxylic acids is 1. The molecule has 0 heterocycles. The normalized spacial score (nSPS) is 10.3. The molecule has 0 fully saturated rings. The first-order valence-electron chi connectivity index (χ1n) is 5.54. The van der Waals surface area contributed by atoms with E-state index in [1.165, 1.54) is 0 Å². The van der Waals surface area contributed by atoms with Crippen molar-refractivity contribution in [2.45, 2.75) is 6.42 Å². The van der Waals surface area contributed by atoms with E-state index in [1.807, 2.05) is 18.2 Å². The number of rotatable bonds is 3. The van der Waals surface area contributed by atoms with Gasteiger partial charge < -0.3 is 5.32 Å². The molecule has 0 unspecified atom stereocenters. The Labute approximate surface area is 135 Å². The van der Waals surface area contributed by atoms with Gasteiger partial charge in [0.15, 0.2) is 0 Å². The molecule has 0 saturated heterocycles. The fourth-order valence-electron chi connectivity index (χ4n) is 1.62. The van der Waals surface area contributed by atoms with Crippen LogP contribution in [0.2, 0.25) is 10.0 Å². The van der Waals surface area contributed by atoms with Crippen LogP contribution in [0.15, 0.2) is 42.5 Å². The third kappa shape index (κ3) is 4.37. The molecule has 98 valence electrons. The minimum atomic E-state index is -0.120. The second kappa shape index (κ2) is 6.59. The monoisotopic (exact) mass is 405 g/mol. The Kier molecular flexibility index (Phi) is 5.07. The smallest absolute Gasteiger partial charge is 0.228 e. The highest BCUT2D eigenvalue weighted by atomic mass is 127. The molecule has 0 bridgehead atoms. The lowest BCUT2D eigenvalue weighted by Gasteiger charge is -2.07. The average Bonchev–Trinajstić information content (AvgIpc) is 2.33. The quantitative estimate of drug-likeness (QED) is 0.731. The first-order chi connectivity index (χ1) is 9.04. The van der Waals surface area contributed by atoms with Crippen LogP contribution < -0.4 is 5.32 Å². The topological polar surface area (TPSA) is 29.1 Å². The lowest BCUT2D eigenvalue weighted by Crippen LogP contribution is -2.14. The van der Waals surface area contributed by atoms with Gasteiger partial charge in [-0.15, -0.1) is 0 Å². The van der Waals surface area contributed by atoms with Crippen LogP contribution in [0.25, 0.3) is 0 Å². The van der Waals surface area contributed by atoms with Gasteiger partial charge >= 0.3 is 0 Å². The lowest BCUT2D eigenvalue weighted by atomic mass is 10.1. The van der Waals surface area contributed by atoms with E-state index in [2.05, 4.69) is 27.9 Å². The Hall–Kier alpha value is -0.780. The number of hydrogen-bond donors (Lipinski definition) is 1. The number of carbonyl (C=O) groups is 1. The molecule has 2 nitrogen and oxygen atoms in total. The van der Waals surface area contributed by atoms with Gasteiger partial charge in [0.1, 0.15) is 0 Å². The van der Waals surface area contributed by atoms with Crippen LogP contribution in [0.1, 0.15) is 5.56 Å². The van der Waals surface area contributed by atoms with E-state index in [9.17, 15) is 4.79 Å². The summed E-state index contributed by atoms with van der Waals surface area (Å²) in [6, 6.07) is 12.7. The van der Waals surface area contributed by atoms with Crippen LogP contribution in [0.4, 0.5) is 5.69 Å². The first kappa shape index (κ1) is 14.6. The minimum Gasteiger partial charge on any atom is -0.324 e. The molecule has 0 aliphatic heterocycles. The number of anilines is 1. The molecule has 0 radical (unpaired) electrons. The maximum atomic E-state index is 11.9. The fraction of sp³-hybridized carbons (Fsp3) is 0.0714. The molecule has 19 heavy (non-hydrogen) atoms. The Bertz CT molecular complexity index is 616. The van der Waals surface area contributed by atoms with Crippen molar-refractivity contribution >= 4 is 57.4 Å². The van der Waals surface area contributed by atoms with E-state index in [1.54, 1.807) is 24.3 Å². The Morgan fingerprint density at radius 1 is 1.16 bits per heavy atom. The molecule has 0 saturated carbocycles. The zero-order chi connectivity index (χ0) is 13.8. The summed E-state index contributed by atoms with van der Waals surface area (Å²) in [5.41, 5.74) is 1.49.